The van der Waals surface area contributed by atoms with E-state index < -0.39 is 5.25 Å². The number of hydrogen-bond donors (Lipinski definition) is 2. The predicted octanol–water partition coefficient (Wildman–Crippen LogP) is 3.56. The zero-order chi connectivity index (χ0) is 20.4. The smallest absolute Gasteiger partial charge is 0.240 e. The molecule has 150 valence electrons. The van der Waals surface area contributed by atoms with Crippen molar-refractivity contribution in [1.29, 1.82) is 0 Å². The fourth-order valence-corrected chi connectivity index (χ4v) is 4.50. The van der Waals surface area contributed by atoms with Gasteiger partial charge in [-0.1, -0.05) is 49.0 Å². The Balaban J connectivity index is 1.66. The number of para-hydroxylation sites is 1. The molecule has 4 rings (SSSR count). The number of hydrogen-bond acceptors (Lipinski definition) is 6. The quantitative estimate of drug-likeness (QED) is 0.671. The van der Waals surface area contributed by atoms with Crippen molar-refractivity contribution in [3.8, 4) is 5.75 Å². The van der Waals surface area contributed by atoms with E-state index in [1.54, 1.807) is 7.11 Å². The van der Waals surface area contributed by atoms with Gasteiger partial charge in [0.05, 0.1) is 13.2 Å². The van der Waals surface area contributed by atoms with Crippen molar-refractivity contribution < 1.29 is 9.53 Å². The Bertz CT molecular complexity index is 1020. The number of amides is 1. The van der Waals surface area contributed by atoms with Crippen molar-refractivity contribution in [2.75, 3.05) is 17.9 Å². The second-order valence-electron chi connectivity index (χ2n) is 6.78. The van der Waals surface area contributed by atoms with E-state index in [9.17, 15) is 4.79 Å². The molecule has 2 heterocycles. The monoisotopic (exact) mass is 409 g/mol. The molecule has 0 bridgehead atoms. The van der Waals surface area contributed by atoms with Gasteiger partial charge in [0.25, 0.3) is 0 Å². The highest BCUT2D eigenvalue weighted by molar-refractivity contribution is 8.00. The summed E-state index contributed by atoms with van der Waals surface area (Å²) >= 11 is 1.42. The molecule has 0 spiro atoms. The largest absolute Gasteiger partial charge is 0.497 e. The topological polar surface area (TPSA) is 81.1 Å². The molecule has 8 heteroatoms. The van der Waals surface area contributed by atoms with E-state index in [4.69, 9.17) is 4.74 Å². The molecule has 0 saturated carbocycles. The van der Waals surface area contributed by atoms with E-state index in [0.29, 0.717) is 5.16 Å². The maximum Gasteiger partial charge on any atom is 0.240 e. The van der Waals surface area contributed by atoms with Crippen LogP contribution in [0.1, 0.15) is 29.9 Å². The molecule has 1 aliphatic heterocycles. The Morgan fingerprint density at radius 1 is 1.21 bits per heavy atom. The molecule has 0 unspecified atom stereocenters. The summed E-state index contributed by atoms with van der Waals surface area (Å²) in [5.41, 5.74) is 6.35. The fraction of sp³-hybridized carbons (Fsp3) is 0.286. The number of aryl methyl sites for hydroxylation is 2. The van der Waals surface area contributed by atoms with Crippen LogP contribution in [0.15, 0.2) is 53.7 Å². The van der Waals surface area contributed by atoms with Crippen LogP contribution in [0, 0.1) is 6.92 Å². The van der Waals surface area contributed by atoms with E-state index in [1.807, 2.05) is 60.1 Å². The van der Waals surface area contributed by atoms with Crippen LogP contribution in [0.5, 0.6) is 5.75 Å². The molecule has 0 radical (unpaired) electrons. The standard InChI is InChI=1S/C21H23N5O2S/c1-4-14-7-5-6-8-17(14)22-20(27)19-18(15-9-11-16(28-3)12-10-15)25-26-13(2)23-24-21(26)29-19/h5-12,18-19,25H,4H2,1-3H3,(H,22,27)/t18-,19-/m0/s1. The van der Waals surface area contributed by atoms with Gasteiger partial charge in [-0.15, -0.1) is 10.2 Å². The maximum absolute atomic E-state index is 13.3. The van der Waals surface area contributed by atoms with Gasteiger partial charge in [0.15, 0.2) is 0 Å². The van der Waals surface area contributed by atoms with Crippen molar-refractivity contribution in [2.45, 2.75) is 36.7 Å². The number of nitrogens with one attached hydrogen (secondary N) is 2. The van der Waals surface area contributed by atoms with Crippen molar-refractivity contribution in [3.05, 3.63) is 65.5 Å². The van der Waals surface area contributed by atoms with Crippen LogP contribution < -0.4 is 15.5 Å². The van der Waals surface area contributed by atoms with Crippen molar-refractivity contribution in [2.24, 2.45) is 0 Å². The molecule has 1 amide bonds. The lowest BCUT2D eigenvalue weighted by atomic mass is 10.0. The first-order chi connectivity index (χ1) is 14.1. The van der Waals surface area contributed by atoms with Crippen LogP contribution >= 0.6 is 11.8 Å². The third-order valence-corrected chi connectivity index (χ3v) is 6.20. The zero-order valence-corrected chi connectivity index (χ0v) is 17.4. The first-order valence-electron chi connectivity index (χ1n) is 9.48. The summed E-state index contributed by atoms with van der Waals surface area (Å²) in [5.74, 6) is 1.45. The molecule has 2 aromatic carbocycles. The highest BCUT2D eigenvalue weighted by Crippen LogP contribution is 2.38. The number of aromatic nitrogens is 3. The molecule has 0 aliphatic carbocycles. The third-order valence-electron chi connectivity index (χ3n) is 4.99. The second-order valence-corrected chi connectivity index (χ2v) is 7.89. The van der Waals surface area contributed by atoms with E-state index >= 15 is 0 Å². The van der Waals surface area contributed by atoms with Crippen molar-refractivity contribution >= 4 is 23.4 Å². The SMILES string of the molecule is CCc1ccccc1NC(=O)[C@H]1Sc2nnc(C)n2N[C@H]1c1ccc(OC)cc1. The van der Waals surface area contributed by atoms with Gasteiger partial charge < -0.3 is 15.5 Å². The van der Waals surface area contributed by atoms with Crippen LogP contribution in [-0.4, -0.2) is 33.1 Å². The van der Waals surface area contributed by atoms with Crippen LogP contribution in [0.3, 0.4) is 0 Å². The fourth-order valence-electron chi connectivity index (χ4n) is 3.38. The zero-order valence-electron chi connectivity index (χ0n) is 16.5. The molecule has 29 heavy (non-hydrogen) atoms. The highest BCUT2D eigenvalue weighted by Gasteiger charge is 2.37. The summed E-state index contributed by atoms with van der Waals surface area (Å²) in [6, 6.07) is 15.4. The van der Waals surface area contributed by atoms with Gasteiger partial charge in [-0.2, -0.15) is 0 Å². The Morgan fingerprint density at radius 2 is 1.97 bits per heavy atom. The molecule has 2 N–H and O–H groups in total. The van der Waals surface area contributed by atoms with E-state index in [-0.39, 0.29) is 11.9 Å². The molecule has 1 aromatic heterocycles. The number of nitrogens with zero attached hydrogens (tertiary/aromatic N) is 3. The number of rotatable bonds is 5. The van der Waals surface area contributed by atoms with Gasteiger partial charge in [-0.25, -0.2) is 4.68 Å². The van der Waals surface area contributed by atoms with Crippen LogP contribution in [-0.2, 0) is 11.2 Å². The molecular formula is C21H23N5O2S. The van der Waals surface area contributed by atoms with Gasteiger partial charge in [-0.05, 0) is 42.7 Å². The van der Waals surface area contributed by atoms with Crippen LogP contribution in [0.2, 0.25) is 0 Å². The molecule has 1 aliphatic rings. The number of carbonyl (C=O) groups excluding carboxylic acids is 1. The number of carbonyl (C=O) groups is 1. The molecule has 2 atom stereocenters. The average Bonchev–Trinajstić information content (AvgIpc) is 3.13. The lowest BCUT2D eigenvalue weighted by Gasteiger charge is -2.33. The van der Waals surface area contributed by atoms with Crippen LogP contribution in [0.4, 0.5) is 5.69 Å². The third kappa shape index (κ3) is 3.80. The highest BCUT2D eigenvalue weighted by atomic mass is 32.2. The van der Waals surface area contributed by atoms with Gasteiger partial charge >= 0.3 is 0 Å². The summed E-state index contributed by atoms with van der Waals surface area (Å²) in [6.07, 6.45) is 0.849. The Labute approximate surface area is 173 Å². The second kappa shape index (κ2) is 8.16. The van der Waals surface area contributed by atoms with E-state index in [1.165, 1.54) is 11.8 Å². The number of thioether (sulfide) groups is 1. The summed E-state index contributed by atoms with van der Waals surface area (Å²) in [7, 11) is 1.64. The van der Waals surface area contributed by atoms with Gasteiger partial charge in [0.2, 0.25) is 11.1 Å². The summed E-state index contributed by atoms with van der Waals surface area (Å²) in [6.45, 7) is 3.96. The van der Waals surface area contributed by atoms with Crippen molar-refractivity contribution in [3.63, 3.8) is 0 Å². The number of benzene rings is 2. The Morgan fingerprint density at radius 3 is 2.69 bits per heavy atom. The summed E-state index contributed by atoms with van der Waals surface area (Å²) in [4.78, 5) is 13.3. The number of ether oxygens (including phenoxy) is 1. The predicted molar refractivity (Wildman–Crippen MR) is 114 cm³/mol. The lowest BCUT2D eigenvalue weighted by Crippen LogP contribution is -2.41. The maximum atomic E-state index is 13.3. The minimum atomic E-state index is -0.413. The number of methoxy groups -OCH3 is 1. The first-order valence-corrected chi connectivity index (χ1v) is 10.4. The summed E-state index contributed by atoms with van der Waals surface area (Å²) < 4.78 is 7.10. The molecular weight excluding hydrogens is 386 g/mol. The first kappa shape index (κ1) is 19.3. The number of anilines is 1. The molecule has 0 fully saturated rings. The summed E-state index contributed by atoms with van der Waals surface area (Å²) in [5, 5.41) is 11.7. The minimum absolute atomic E-state index is 0.0730. The van der Waals surface area contributed by atoms with Gasteiger partial charge in [-0.3, -0.25) is 4.79 Å². The molecule has 3 aromatic rings. The molecule has 0 saturated heterocycles. The normalized spacial score (nSPS) is 17.9. The minimum Gasteiger partial charge on any atom is -0.497 e. The van der Waals surface area contributed by atoms with Gasteiger partial charge in [0, 0.05) is 5.69 Å². The number of fused-ring (bicyclic) bond motifs is 1. The van der Waals surface area contributed by atoms with E-state index in [2.05, 4.69) is 27.9 Å². The Hall–Kier alpha value is -3.00. The average molecular weight is 410 g/mol. The molecule has 7 nitrogen and oxygen atoms in total. The Kier molecular flexibility index (Phi) is 5.44. The van der Waals surface area contributed by atoms with E-state index in [0.717, 1.165) is 34.8 Å². The van der Waals surface area contributed by atoms with Crippen LogP contribution in [0.25, 0.3) is 0 Å². The lowest BCUT2D eigenvalue weighted by molar-refractivity contribution is -0.116. The van der Waals surface area contributed by atoms with Crippen molar-refractivity contribution in [1.82, 2.24) is 14.9 Å². The van der Waals surface area contributed by atoms with Gasteiger partial charge in [0.1, 0.15) is 16.8 Å².